The van der Waals surface area contributed by atoms with E-state index in [1.54, 1.807) is 0 Å². The third-order valence-electron chi connectivity index (χ3n) is 5.08. The lowest BCUT2D eigenvalue weighted by Gasteiger charge is -2.18. The molecule has 0 aliphatic rings. The van der Waals surface area contributed by atoms with E-state index in [0.29, 0.717) is 13.2 Å². The Kier molecular flexibility index (Phi) is 22.2. The van der Waals surface area contributed by atoms with Gasteiger partial charge in [0.2, 0.25) is 0 Å². The molecule has 0 saturated carbocycles. The molecule has 30 heavy (non-hydrogen) atoms. The second-order valence-electron chi connectivity index (χ2n) is 7.92. The van der Waals surface area contributed by atoms with Gasteiger partial charge in [0.25, 0.3) is 0 Å². The van der Waals surface area contributed by atoms with E-state index >= 15 is 0 Å². The molecule has 0 bridgehead atoms. The molecule has 8 heteroatoms. The molecule has 2 unspecified atom stereocenters. The van der Waals surface area contributed by atoms with Gasteiger partial charge in [-0.1, -0.05) is 90.4 Å². The fraction of sp³-hybridized carbons (Fsp3) is 1.00. The molecule has 0 spiro atoms. The molecular weight excluding hydrogens is 405 g/mol. The molecule has 0 fully saturated rings. The number of phosphoric ester groups is 1. The fourth-order valence-corrected chi connectivity index (χ4v) is 3.95. The summed E-state index contributed by atoms with van der Waals surface area (Å²) in [5.74, 6) is 0. The van der Waals surface area contributed by atoms with Crippen molar-refractivity contribution in [2.45, 2.75) is 103 Å². The molecule has 0 radical (unpaired) electrons. The molecule has 3 N–H and O–H groups in total. The maximum absolute atomic E-state index is 11.6. The molecule has 7 nitrogen and oxygen atoms in total. The minimum absolute atomic E-state index is 0.0267. The van der Waals surface area contributed by atoms with Crippen molar-refractivity contribution in [3.63, 3.8) is 0 Å². The van der Waals surface area contributed by atoms with Gasteiger partial charge < -0.3 is 20.1 Å². The lowest BCUT2D eigenvalue weighted by atomic mass is 10.0. The molecule has 0 aromatic rings. The van der Waals surface area contributed by atoms with Crippen LogP contribution < -0.4 is 5.73 Å². The van der Waals surface area contributed by atoms with Crippen LogP contribution in [0.4, 0.5) is 0 Å². The lowest BCUT2D eigenvalue weighted by molar-refractivity contribution is -0.0219. The quantitative estimate of drug-likeness (QED) is 0.145. The Balaban J connectivity index is 3.40. The summed E-state index contributed by atoms with van der Waals surface area (Å²) in [5.41, 5.74) is 5.23. The summed E-state index contributed by atoms with van der Waals surface area (Å²) in [5, 5.41) is 0. The van der Waals surface area contributed by atoms with Gasteiger partial charge in [-0.25, -0.2) is 4.57 Å². The first kappa shape index (κ1) is 30.0. The lowest BCUT2D eigenvalue weighted by Crippen LogP contribution is -2.24. The van der Waals surface area contributed by atoms with E-state index in [1.165, 1.54) is 90.6 Å². The summed E-state index contributed by atoms with van der Waals surface area (Å²) in [4.78, 5) is 9.46. The van der Waals surface area contributed by atoms with Crippen molar-refractivity contribution in [3.05, 3.63) is 0 Å². The number of methoxy groups -OCH3 is 1. The van der Waals surface area contributed by atoms with Gasteiger partial charge in [-0.3, -0.25) is 9.05 Å². The number of phosphoric acid groups is 1. The molecule has 0 amide bonds. The van der Waals surface area contributed by atoms with E-state index in [0.717, 1.165) is 6.42 Å². The first-order chi connectivity index (χ1) is 14.6. The molecule has 0 rings (SSSR count). The second-order valence-corrected chi connectivity index (χ2v) is 9.37. The Labute approximate surface area is 185 Å². The van der Waals surface area contributed by atoms with Crippen LogP contribution in [0.5, 0.6) is 0 Å². The maximum Gasteiger partial charge on any atom is 0.472 e. The average Bonchev–Trinajstić information content (AvgIpc) is 2.74. The van der Waals surface area contributed by atoms with Gasteiger partial charge in [0.1, 0.15) is 6.10 Å². The van der Waals surface area contributed by atoms with E-state index < -0.39 is 13.9 Å². The summed E-state index contributed by atoms with van der Waals surface area (Å²) < 4.78 is 32.0. The van der Waals surface area contributed by atoms with Crippen molar-refractivity contribution in [1.82, 2.24) is 0 Å². The Morgan fingerprint density at radius 1 is 0.767 bits per heavy atom. The minimum Gasteiger partial charge on any atom is -0.379 e. The Bertz CT molecular complexity index is 400. The molecule has 0 aliphatic heterocycles. The van der Waals surface area contributed by atoms with Gasteiger partial charge in [-0.15, -0.1) is 0 Å². The number of hydrogen-bond donors (Lipinski definition) is 2. The van der Waals surface area contributed by atoms with E-state index in [2.05, 4.69) is 11.4 Å². The SMILES string of the molecule is CCCCCCCCCCCCCCCCOCC(COP(=O)(O)OCCN)OC. The molecule has 0 aliphatic carbocycles. The van der Waals surface area contributed by atoms with Crippen LogP contribution >= 0.6 is 7.82 Å². The van der Waals surface area contributed by atoms with Crippen LogP contribution in [-0.4, -0.2) is 51.1 Å². The molecule has 0 aromatic heterocycles. The van der Waals surface area contributed by atoms with Gasteiger partial charge in [0.15, 0.2) is 0 Å². The van der Waals surface area contributed by atoms with Crippen molar-refractivity contribution in [3.8, 4) is 0 Å². The van der Waals surface area contributed by atoms with Crippen molar-refractivity contribution in [2.24, 2.45) is 5.73 Å². The number of nitrogens with two attached hydrogens (primary N) is 1. The van der Waals surface area contributed by atoms with E-state index in [-0.39, 0.29) is 19.8 Å². The highest BCUT2D eigenvalue weighted by atomic mass is 31.2. The van der Waals surface area contributed by atoms with Crippen molar-refractivity contribution in [2.75, 3.05) is 40.1 Å². The summed E-state index contributed by atoms with van der Waals surface area (Å²) in [6.45, 7) is 3.32. The standard InChI is InChI=1S/C22H48NO6P/c1-3-4-5-6-7-8-9-10-11-12-13-14-15-16-18-27-20-22(26-2)21-29-30(24,25)28-19-17-23/h22H,3-21,23H2,1-2H3,(H,24,25). The molecule has 2 atom stereocenters. The van der Waals surface area contributed by atoms with Gasteiger partial charge in [0.05, 0.1) is 19.8 Å². The van der Waals surface area contributed by atoms with E-state index in [9.17, 15) is 9.46 Å². The highest BCUT2D eigenvalue weighted by Crippen LogP contribution is 2.42. The molecule has 0 heterocycles. The van der Waals surface area contributed by atoms with Crippen LogP contribution in [0.1, 0.15) is 96.8 Å². The van der Waals surface area contributed by atoms with Crippen LogP contribution in [0.3, 0.4) is 0 Å². The average molecular weight is 454 g/mol. The Morgan fingerprint density at radius 2 is 1.27 bits per heavy atom. The molecule has 182 valence electrons. The van der Waals surface area contributed by atoms with Crippen LogP contribution in [0.25, 0.3) is 0 Å². The maximum atomic E-state index is 11.6. The first-order valence-electron chi connectivity index (χ1n) is 12.0. The third kappa shape index (κ3) is 21.2. The van der Waals surface area contributed by atoms with E-state index in [4.69, 9.17) is 19.7 Å². The zero-order chi connectivity index (χ0) is 22.3. The highest BCUT2D eigenvalue weighted by Gasteiger charge is 2.23. The monoisotopic (exact) mass is 453 g/mol. The Morgan fingerprint density at radius 3 is 1.73 bits per heavy atom. The van der Waals surface area contributed by atoms with Gasteiger partial charge in [-0.2, -0.15) is 0 Å². The summed E-state index contributed by atoms with van der Waals surface area (Å²) in [7, 11) is -2.55. The van der Waals surface area contributed by atoms with Crippen molar-refractivity contribution >= 4 is 7.82 Å². The summed E-state index contributed by atoms with van der Waals surface area (Å²) in [6.07, 6.45) is 18.2. The normalized spacial score (nSPS) is 14.7. The highest BCUT2D eigenvalue weighted by molar-refractivity contribution is 7.47. The van der Waals surface area contributed by atoms with Crippen LogP contribution in [0, 0.1) is 0 Å². The number of rotatable bonds is 24. The smallest absolute Gasteiger partial charge is 0.379 e. The number of ether oxygens (including phenoxy) is 2. The van der Waals surface area contributed by atoms with Crippen LogP contribution in [0.2, 0.25) is 0 Å². The van der Waals surface area contributed by atoms with Crippen molar-refractivity contribution in [1.29, 1.82) is 0 Å². The predicted octanol–water partition coefficient (Wildman–Crippen LogP) is 5.59. The molecule has 0 saturated heterocycles. The zero-order valence-electron chi connectivity index (χ0n) is 19.5. The van der Waals surface area contributed by atoms with Gasteiger partial charge in [-0.05, 0) is 6.42 Å². The van der Waals surface area contributed by atoms with Gasteiger partial charge in [0, 0.05) is 20.3 Å². The first-order valence-corrected chi connectivity index (χ1v) is 13.5. The van der Waals surface area contributed by atoms with Crippen molar-refractivity contribution < 1.29 is 28.0 Å². The van der Waals surface area contributed by atoms with Gasteiger partial charge >= 0.3 is 7.82 Å². The van der Waals surface area contributed by atoms with Crippen LogP contribution in [-0.2, 0) is 23.1 Å². The topological polar surface area (TPSA) is 100 Å². The second kappa shape index (κ2) is 22.2. The number of hydrogen-bond acceptors (Lipinski definition) is 6. The molecule has 0 aromatic carbocycles. The predicted molar refractivity (Wildman–Crippen MR) is 123 cm³/mol. The van der Waals surface area contributed by atoms with E-state index in [1.807, 2.05) is 0 Å². The number of unbranched alkanes of at least 4 members (excludes halogenated alkanes) is 13. The largest absolute Gasteiger partial charge is 0.472 e. The zero-order valence-corrected chi connectivity index (χ0v) is 20.4. The third-order valence-corrected chi connectivity index (χ3v) is 6.06. The fourth-order valence-electron chi connectivity index (χ4n) is 3.18. The van der Waals surface area contributed by atoms with Crippen LogP contribution in [0.15, 0.2) is 0 Å². The summed E-state index contributed by atoms with van der Waals surface area (Å²) >= 11 is 0. The minimum atomic E-state index is -4.07. The summed E-state index contributed by atoms with van der Waals surface area (Å²) in [6, 6.07) is 0. The Hall–Kier alpha value is -0.0100. The molecular formula is C22H48NO6P.